The highest BCUT2D eigenvalue weighted by molar-refractivity contribution is 6.21. The average molecular weight is 450 g/mol. The molecule has 2 fully saturated rings. The number of carbonyl (C=O) groups is 4. The summed E-state index contributed by atoms with van der Waals surface area (Å²) in [4.78, 5) is 52.7. The third-order valence-electron chi connectivity index (χ3n) is 6.11. The molecule has 3 aliphatic heterocycles. The van der Waals surface area contributed by atoms with Gasteiger partial charge in [-0.05, 0) is 44.0 Å². The molecule has 4 amide bonds. The molecule has 0 bridgehead atoms. The number of nitrogens with zero attached hydrogens (tertiary/aromatic N) is 2. The van der Waals surface area contributed by atoms with Crippen molar-refractivity contribution in [3.8, 4) is 0 Å². The van der Waals surface area contributed by atoms with Crippen LogP contribution in [0.5, 0.6) is 0 Å². The van der Waals surface area contributed by atoms with Crippen molar-refractivity contribution in [2.45, 2.75) is 44.4 Å². The minimum absolute atomic E-state index is 0.229. The monoisotopic (exact) mass is 450 g/mol. The summed E-state index contributed by atoms with van der Waals surface area (Å²) in [6.45, 7) is 5.17. The molecule has 2 aromatic rings. The summed E-state index contributed by atoms with van der Waals surface area (Å²) in [7, 11) is 0. The van der Waals surface area contributed by atoms with Gasteiger partial charge in [0.2, 0.25) is 11.8 Å². The van der Waals surface area contributed by atoms with Crippen molar-refractivity contribution >= 4 is 30.0 Å². The third kappa shape index (κ3) is 2.97. The van der Waals surface area contributed by atoms with Crippen molar-refractivity contribution in [2.75, 3.05) is 0 Å². The summed E-state index contributed by atoms with van der Waals surface area (Å²) in [6.07, 6.45) is 2.97. The number of benzene rings is 1. The second-order valence-corrected chi connectivity index (χ2v) is 9.23. The van der Waals surface area contributed by atoms with Crippen molar-refractivity contribution in [1.29, 1.82) is 0 Å². The van der Waals surface area contributed by atoms with E-state index in [0.29, 0.717) is 11.1 Å². The van der Waals surface area contributed by atoms with Crippen LogP contribution in [0.3, 0.4) is 0 Å². The first-order valence-electron chi connectivity index (χ1n) is 10.5. The van der Waals surface area contributed by atoms with Crippen LogP contribution in [0.1, 0.15) is 49.6 Å². The highest BCUT2D eigenvalue weighted by atomic mass is 16.6. The number of hydrogen-bond donors (Lipinski definition) is 2. The maximum atomic E-state index is 13.6. The number of hydrogen-bond acceptors (Lipinski definition) is 8. The Morgan fingerprint density at radius 2 is 1.79 bits per heavy atom. The highest BCUT2D eigenvalue weighted by Crippen LogP contribution is 2.60. The van der Waals surface area contributed by atoms with Gasteiger partial charge in [-0.25, -0.2) is 9.59 Å². The van der Waals surface area contributed by atoms with E-state index in [2.05, 4.69) is 15.7 Å². The molecule has 10 nitrogen and oxygen atoms in total. The SMILES string of the molecule is CC(C)(C)OC(=O)[C@H]1[C@H](c2ccco2)C2(C(=O)NC(=O)NC2=O)[C@@H]2c3ccccc3C=NN21. The molecular weight excluding hydrogens is 428 g/mol. The summed E-state index contributed by atoms with van der Waals surface area (Å²) in [6, 6.07) is 7.27. The van der Waals surface area contributed by atoms with Gasteiger partial charge < -0.3 is 9.15 Å². The van der Waals surface area contributed by atoms with Gasteiger partial charge in [-0.15, -0.1) is 0 Å². The zero-order chi connectivity index (χ0) is 23.5. The zero-order valence-electron chi connectivity index (χ0n) is 18.2. The molecule has 10 heteroatoms. The summed E-state index contributed by atoms with van der Waals surface area (Å²) in [5.41, 5.74) is -1.45. The molecule has 2 N–H and O–H groups in total. The molecule has 4 heterocycles. The van der Waals surface area contributed by atoms with E-state index in [1.165, 1.54) is 11.3 Å². The summed E-state index contributed by atoms with van der Waals surface area (Å²) >= 11 is 0. The quantitative estimate of drug-likeness (QED) is 0.527. The lowest BCUT2D eigenvalue weighted by atomic mass is 9.65. The molecule has 1 aromatic heterocycles. The number of nitrogens with one attached hydrogen (secondary N) is 2. The second-order valence-electron chi connectivity index (χ2n) is 9.23. The summed E-state index contributed by atoms with van der Waals surface area (Å²) in [5.74, 6) is -3.22. The van der Waals surface area contributed by atoms with Gasteiger partial charge in [0.15, 0.2) is 11.5 Å². The van der Waals surface area contributed by atoms with Gasteiger partial charge in [-0.3, -0.25) is 25.2 Å². The van der Waals surface area contributed by atoms with Gasteiger partial charge in [-0.1, -0.05) is 24.3 Å². The fourth-order valence-corrected chi connectivity index (χ4v) is 5.01. The predicted octanol–water partition coefficient (Wildman–Crippen LogP) is 1.83. The molecule has 3 atom stereocenters. The van der Waals surface area contributed by atoms with Crippen LogP contribution in [-0.2, 0) is 19.1 Å². The number of imide groups is 2. The maximum absolute atomic E-state index is 13.6. The first-order chi connectivity index (χ1) is 15.6. The Kier molecular flexibility index (Phi) is 4.45. The van der Waals surface area contributed by atoms with Gasteiger partial charge in [0.25, 0.3) is 0 Å². The molecule has 0 aliphatic carbocycles. The number of carbonyl (C=O) groups excluding carboxylic acids is 4. The topological polar surface area (TPSA) is 130 Å². The minimum atomic E-state index is -1.93. The van der Waals surface area contributed by atoms with Crippen LogP contribution < -0.4 is 10.6 Å². The van der Waals surface area contributed by atoms with Crippen molar-refractivity contribution < 1.29 is 28.3 Å². The molecule has 2 saturated heterocycles. The number of furan rings is 1. The molecule has 0 radical (unpaired) electrons. The van der Waals surface area contributed by atoms with Crippen LogP contribution in [0.2, 0.25) is 0 Å². The average Bonchev–Trinajstić information content (AvgIpc) is 3.35. The van der Waals surface area contributed by atoms with E-state index in [4.69, 9.17) is 9.15 Å². The molecule has 33 heavy (non-hydrogen) atoms. The molecule has 1 spiro atoms. The van der Waals surface area contributed by atoms with Gasteiger partial charge >= 0.3 is 12.0 Å². The van der Waals surface area contributed by atoms with E-state index in [9.17, 15) is 19.2 Å². The van der Waals surface area contributed by atoms with E-state index in [0.717, 1.165) is 0 Å². The molecular formula is C23H22N4O6. The van der Waals surface area contributed by atoms with Crippen LogP contribution in [0, 0.1) is 5.41 Å². The van der Waals surface area contributed by atoms with Crippen molar-refractivity contribution in [3.05, 3.63) is 59.5 Å². The number of hydrazone groups is 1. The number of ether oxygens (including phenoxy) is 1. The van der Waals surface area contributed by atoms with Gasteiger partial charge in [-0.2, -0.15) is 5.10 Å². The largest absolute Gasteiger partial charge is 0.469 e. The number of amides is 4. The van der Waals surface area contributed by atoms with Crippen LogP contribution >= 0.6 is 0 Å². The fourth-order valence-electron chi connectivity index (χ4n) is 5.01. The molecule has 5 rings (SSSR count). The highest BCUT2D eigenvalue weighted by Gasteiger charge is 2.73. The van der Waals surface area contributed by atoms with E-state index >= 15 is 0 Å². The fraction of sp³-hybridized carbons (Fsp3) is 0.348. The first-order valence-corrected chi connectivity index (χ1v) is 10.5. The third-order valence-corrected chi connectivity index (χ3v) is 6.11. The number of esters is 1. The predicted molar refractivity (Wildman–Crippen MR) is 114 cm³/mol. The van der Waals surface area contributed by atoms with E-state index in [1.807, 2.05) is 6.07 Å². The Morgan fingerprint density at radius 1 is 1.09 bits per heavy atom. The lowest BCUT2D eigenvalue weighted by molar-refractivity contribution is -0.161. The number of barbiturate groups is 1. The molecule has 3 aliphatic rings. The maximum Gasteiger partial charge on any atom is 0.331 e. The number of fused-ring (bicyclic) bond motifs is 4. The first kappa shape index (κ1) is 20.9. The number of rotatable bonds is 2. The summed E-state index contributed by atoms with van der Waals surface area (Å²) in [5, 5.41) is 10.4. The van der Waals surface area contributed by atoms with E-state index < -0.39 is 52.8 Å². The van der Waals surface area contributed by atoms with Gasteiger partial charge in [0.1, 0.15) is 11.4 Å². The minimum Gasteiger partial charge on any atom is -0.469 e. The molecule has 0 unspecified atom stereocenters. The van der Waals surface area contributed by atoms with Crippen LogP contribution in [0.15, 0.2) is 52.2 Å². The smallest absolute Gasteiger partial charge is 0.331 e. The van der Waals surface area contributed by atoms with E-state index in [1.54, 1.807) is 57.3 Å². The van der Waals surface area contributed by atoms with Crippen molar-refractivity contribution in [1.82, 2.24) is 15.6 Å². The Morgan fingerprint density at radius 3 is 2.42 bits per heavy atom. The van der Waals surface area contributed by atoms with Gasteiger partial charge in [0.05, 0.1) is 24.4 Å². The van der Waals surface area contributed by atoms with Crippen molar-refractivity contribution in [2.24, 2.45) is 10.5 Å². The van der Waals surface area contributed by atoms with Crippen LogP contribution in [0.4, 0.5) is 4.79 Å². The zero-order valence-corrected chi connectivity index (χ0v) is 18.2. The molecule has 0 saturated carbocycles. The lowest BCUT2D eigenvalue weighted by Gasteiger charge is -2.40. The summed E-state index contributed by atoms with van der Waals surface area (Å²) < 4.78 is 11.3. The van der Waals surface area contributed by atoms with Crippen LogP contribution in [0.25, 0.3) is 0 Å². The second kappa shape index (κ2) is 7.03. The Labute approximate surface area is 188 Å². The lowest BCUT2D eigenvalue weighted by Crippen LogP contribution is -2.65. The van der Waals surface area contributed by atoms with Gasteiger partial charge in [0, 0.05) is 0 Å². The normalized spacial score (nSPS) is 25.4. The molecule has 170 valence electrons. The Balaban J connectivity index is 1.79. The standard InChI is InChI=1S/C23H22N4O6/c1-22(2,3)33-18(28)16-15(14-9-6-10-32-14)23(19(29)25-21(31)26-20(23)30)17-13-8-5-4-7-12(13)11-24-27(16)17/h4-11,15-17H,1-3H3,(H2,25,26,29,30,31)/t15-,16+,17-/m0/s1. The Hall–Kier alpha value is -3.95. The van der Waals surface area contributed by atoms with Crippen molar-refractivity contribution in [3.63, 3.8) is 0 Å². The molecule has 1 aromatic carbocycles. The number of urea groups is 1. The Bertz CT molecular complexity index is 1180. The van der Waals surface area contributed by atoms with E-state index in [-0.39, 0.29) is 5.76 Å². The van der Waals surface area contributed by atoms with Crippen LogP contribution in [-0.4, -0.2) is 46.7 Å².